The first-order chi connectivity index (χ1) is 12.2. The summed E-state index contributed by atoms with van der Waals surface area (Å²) in [5.41, 5.74) is 3.21. The van der Waals surface area contributed by atoms with E-state index in [1.165, 1.54) is 23.6 Å². The predicted octanol–water partition coefficient (Wildman–Crippen LogP) is 3.11. The molecule has 0 saturated carbocycles. The molecule has 3 aliphatic heterocycles. The third-order valence-corrected chi connectivity index (χ3v) is 6.52. The molecular weight excluding hydrogens is 312 g/mol. The minimum Gasteiger partial charge on any atom is -0.468 e. The normalized spacial score (nSPS) is 32.9. The number of carbonyl (C=O) groups is 1. The number of esters is 1. The molecule has 2 aromatic rings. The number of carbonyl (C=O) groups excluding carboxylic acids is 1. The van der Waals surface area contributed by atoms with Crippen molar-refractivity contribution in [2.24, 2.45) is 5.92 Å². The van der Waals surface area contributed by atoms with E-state index in [1.807, 2.05) is 0 Å². The highest BCUT2D eigenvalue weighted by Gasteiger charge is 2.60. The van der Waals surface area contributed by atoms with E-state index in [0.29, 0.717) is 5.92 Å². The van der Waals surface area contributed by atoms with Crippen molar-refractivity contribution >= 4 is 16.9 Å². The lowest BCUT2D eigenvalue weighted by Crippen LogP contribution is -2.63. The van der Waals surface area contributed by atoms with E-state index in [0.717, 1.165) is 38.2 Å². The van der Waals surface area contributed by atoms with Crippen molar-refractivity contribution in [1.29, 1.82) is 0 Å². The molecule has 1 aromatic heterocycles. The topological polar surface area (TPSA) is 34.5 Å². The molecule has 4 heterocycles. The van der Waals surface area contributed by atoms with Crippen molar-refractivity contribution < 1.29 is 9.53 Å². The number of hydrogen-bond donors (Lipinski definition) is 0. The Balaban J connectivity index is 1.83. The molecule has 4 aliphatic rings. The van der Waals surface area contributed by atoms with E-state index in [4.69, 9.17) is 4.74 Å². The Bertz CT molecular complexity index is 896. The van der Waals surface area contributed by atoms with Gasteiger partial charge in [-0.2, -0.15) is 0 Å². The summed E-state index contributed by atoms with van der Waals surface area (Å²) in [6.45, 7) is 5.20. The molecule has 1 aromatic carbocycles. The fraction of sp³-hybridized carbons (Fsp3) is 0.476. The highest BCUT2D eigenvalue weighted by Crippen LogP contribution is 2.52. The lowest BCUT2D eigenvalue weighted by atomic mass is 9.61. The highest BCUT2D eigenvalue weighted by molar-refractivity contribution is 5.90. The van der Waals surface area contributed by atoms with Gasteiger partial charge in [0.15, 0.2) is 0 Å². The molecule has 4 atom stereocenters. The molecule has 0 N–H and O–H groups in total. The van der Waals surface area contributed by atoms with E-state index < -0.39 is 5.41 Å². The third-order valence-electron chi connectivity index (χ3n) is 6.52. The van der Waals surface area contributed by atoms with Crippen molar-refractivity contribution in [3.63, 3.8) is 0 Å². The van der Waals surface area contributed by atoms with Gasteiger partial charge in [-0.05, 0) is 36.3 Å². The number of hydrogen-bond acceptors (Lipinski definition) is 3. The molecule has 0 spiro atoms. The minimum atomic E-state index is -0.576. The van der Waals surface area contributed by atoms with Gasteiger partial charge in [-0.1, -0.05) is 36.8 Å². The molecule has 4 heteroatoms. The number of ether oxygens (including phenoxy) is 1. The molecular formula is C21H24N2O2. The number of para-hydroxylation sites is 1. The quantitative estimate of drug-likeness (QED) is 0.624. The standard InChI is InChI=1S/C21H24N2O2/c1-3-15-10-14-12-21(20(24)25-2)18-11-16-6-4-5-7-17(16)23(18)9-8-22(13-14)19(15)21/h4-7,10-11,14,19H,3,8-9,12-13H2,1-2H3/t14-,19+,21-/m0/s1. The number of benzene rings is 1. The summed E-state index contributed by atoms with van der Waals surface area (Å²) in [6, 6.07) is 10.9. The van der Waals surface area contributed by atoms with Crippen LogP contribution in [0.2, 0.25) is 0 Å². The molecule has 25 heavy (non-hydrogen) atoms. The van der Waals surface area contributed by atoms with Crippen molar-refractivity contribution in [2.45, 2.75) is 37.8 Å². The molecule has 1 saturated heterocycles. The first-order valence-electron chi connectivity index (χ1n) is 9.31. The second kappa shape index (κ2) is 5.21. The van der Waals surface area contributed by atoms with Gasteiger partial charge in [0.05, 0.1) is 13.2 Å². The van der Waals surface area contributed by atoms with Crippen LogP contribution in [0.1, 0.15) is 25.5 Å². The molecule has 0 radical (unpaired) electrons. The minimum absolute atomic E-state index is 0.0720. The van der Waals surface area contributed by atoms with E-state index in [1.54, 1.807) is 0 Å². The van der Waals surface area contributed by atoms with Crippen LogP contribution in [0.15, 0.2) is 42.0 Å². The van der Waals surface area contributed by atoms with Gasteiger partial charge in [-0.25, -0.2) is 0 Å². The Labute approximate surface area is 148 Å². The Morgan fingerprint density at radius 1 is 1.32 bits per heavy atom. The Hall–Kier alpha value is -2.07. The van der Waals surface area contributed by atoms with Crippen molar-refractivity contribution in [3.05, 3.63) is 47.7 Å². The van der Waals surface area contributed by atoms with Gasteiger partial charge < -0.3 is 9.30 Å². The SMILES string of the molecule is CCC1=C[C@@H]2CN3CCn4c(cc5ccccc54)[C@@](C(=O)OC)(C2)[C@@H]13. The second-order valence-corrected chi connectivity index (χ2v) is 7.66. The molecule has 130 valence electrons. The van der Waals surface area contributed by atoms with Crippen LogP contribution in [0.25, 0.3) is 10.9 Å². The van der Waals surface area contributed by atoms with Crippen molar-refractivity contribution in [1.82, 2.24) is 9.47 Å². The zero-order chi connectivity index (χ0) is 17.2. The molecule has 0 amide bonds. The molecule has 1 fully saturated rings. The van der Waals surface area contributed by atoms with Gasteiger partial charge in [0, 0.05) is 30.8 Å². The summed E-state index contributed by atoms with van der Waals surface area (Å²) < 4.78 is 7.79. The molecule has 6 rings (SSSR count). The largest absolute Gasteiger partial charge is 0.468 e. The molecule has 4 nitrogen and oxygen atoms in total. The molecule has 4 bridgehead atoms. The number of aromatic nitrogens is 1. The first-order valence-corrected chi connectivity index (χ1v) is 9.31. The van der Waals surface area contributed by atoms with E-state index in [-0.39, 0.29) is 12.0 Å². The first kappa shape index (κ1) is 15.2. The van der Waals surface area contributed by atoms with Crippen LogP contribution in [0, 0.1) is 5.92 Å². The van der Waals surface area contributed by atoms with Crippen molar-refractivity contribution in [3.8, 4) is 0 Å². The monoisotopic (exact) mass is 336 g/mol. The summed E-state index contributed by atoms with van der Waals surface area (Å²) in [5, 5.41) is 1.22. The maximum Gasteiger partial charge on any atom is 0.319 e. The van der Waals surface area contributed by atoms with Gasteiger partial charge in [0.25, 0.3) is 0 Å². The smallest absolute Gasteiger partial charge is 0.319 e. The Morgan fingerprint density at radius 2 is 2.16 bits per heavy atom. The van der Waals surface area contributed by atoms with Crippen LogP contribution in [0.5, 0.6) is 0 Å². The van der Waals surface area contributed by atoms with E-state index in [2.05, 4.69) is 52.8 Å². The lowest BCUT2D eigenvalue weighted by Gasteiger charge is -2.53. The van der Waals surface area contributed by atoms with Gasteiger partial charge in [0.2, 0.25) is 0 Å². The number of nitrogens with zero attached hydrogens (tertiary/aromatic N) is 2. The van der Waals surface area contributed by atoms with Crippen LogP contribution >= 0.6 is 0 Å². The summed E-state index contributed by atoms with van der Waals surface area (Å²) in [6.07, 6.45) is 4.29. The summed E-state index contributed by atoms with van der Waals surface area (Å²) in [4.78, 5) is 15.8. The Morgan fingerprint density at radius 3 is 2.96 bits per heavy atom. The van der Waals surface area contributed by atoms with Crippen LogP contribution in [0.3, 0.4) is 0 Å². The third kappa shape index (κ3) is 1.83. The summed E-state index contributed by atoms with van der Waals surface area (Å²) in [7, 11) is 1.54. The highest BCUT2D eigenvalue weighted by atomic mass is 16.5. The van der Waals surface area contributed by atoms with Gasteiger partial charge in [-0.15, -0.1) is 0 Å². The zero-order valence-electron chi connectivity index (χ0n) is 14.9. The fourth-order valence-electron chi connectivity index (χ4n) is 5.67. The Kier molecular flexibility index (Phi) is 3.17. The van der Waals surface area contributed by atoms with Crippen LogP contribution in [-0.2, 0) is 21.5 Å². The maximum atomic E-state index is 13.3. The maximum absolute atomic E-state index is 13.3. The lowest BCUT2D eigenvalue weighted by molar-refractivity contribution is -0.153. The van der Waals surface area contributed by atoms with Crippen LogP contribution in [-0.4, -0.2) is 41.7 Å². The van der Waals surface area contributed by atoms with Gasteiger partial charge in [0.1, 0.15) is 5.41 Å². The van der Waals surface area contributed by atoms with Gasteiger partial charge in [-0.3, -0.25) is 9.69 Å². The van der Waals surface area contributed by atoms with Crippen molar-refractivity contribution in [2.75, 3.05) is 20.2 Å². The van der Waals surface area contributed by atoms with E-state index >= 15 is 0 Å². The number of rotatable bonds is 2. The molecule has 1 aliphatic carbocycles. The van der Waals surface area contributed by atoms with E-state index in [9.17, 15) is 4.79 Å². The molecule has 1 unspecified atom stereocenters. The average Bonchev–Trinajstić information content (AvgIpc) is 3.00. The summed E-state index contributed by atoms with van der Waals surface area (Å²) in [5.74, 6) is 0.362. The fourth-order valence-corrected chi connectivity index (χ4v) is 5.67. The summed E-state index contributed by atoms with van der Waals surface area (Å²) >= 11 is 0. The second-order valence-electron chi connectivity index (χ2n) is 7.66. The number of piperidine rings is 1. The van der Waals surface area contributed by atoms with Crippen LogP contribution in [0.4, 0.5) is 0 Å². The number of fused-ring (bicyclic) bond motifs is 3. The average molecular weight is 336 g/mol. The van der Waals surface area contributed by atoms with Crippen LogP contribution < -0.4 is 0 Å². The van der Waals surface area contributed by atoms with Gasteiger partial charge >= 0.3 is 5.97 Å². The zero-order valence-corrected chi connectivity index (χ0v) is 14.9. The number of methoxy groups -OCH3 is 1. The predicted molar refractivity (Wildman–Crippen MR) is 97.5 cm³/mol.